The predicted molar refractivity (Wildman–Crippen MR) is 91.1 cm³/mol. The Labute approximate surface area is 139 Å². The van der Waals surface area contributed by atoms with Gasteiger partial charge in [-0.25, -0.2) is 0 Å². The van der Waals surface area contributed by atoms with Gasteiger partial charge >= 0.3 is 0 Å². The fourth-order valence-electron chi connectivity index (χ4n) is 2.27. The number of rotatable bonds is 6. The summed E-state index contributed by atoms with van der Waals surface area (Å²) in [7, 11) is 0. The number of carbonyl (C=O) groups excluding carboxylic acids is 1. The van der Waals surface area contributed by atoms with E-state index in [0.717, 1.165) is 11.1 Å². The lowest BCUT2D eigenvalue weighted by Gasteiger charge is -2.08. The lowest BCUT2D eigenvalue weighted by molar-refractivity contribution is 0.102. The molecule has 0 fully saturated rings. The second-order valence-corrected chi connectivity index (χ2v) is 5.14. The van der Waals surface area contributed by atoms with Crippen LogP contribution in [-0.4, -0.2) is 24.2 Å². The number of furan rings is 1. The lowest BCUT2D eigenvalue weighted by atomic mass is 10.1. The molecule has 122 valence electrons. The van der Waals surface area contributed by atoms with Crippen LogP contribution in [0.3, 0.4) is 0 Å². The summed E-state index contributed by atoms with van der Waals surface area (Å²) in [5.74, 6) is 0.452. The van der Waals surface area contributed by atoms with Gasteiger partial charge in [-0.05, 0) is 48.0 Å². The molecular formula is C19H17NO4. The van der Waals surface area contributed by atoms with Gasteiger partial charge in [-0.3, -0.25) is 4.79 Å². The SMILES string of the molecule is O=C(Nc1ccc(OCCO)cc1)c1cccc(-c2ccoc2)c1. The van der Waals surface area contributed by atoms with E-state index in [1.165, 1.54) is 0 Å². The fraction of sp³-hybridized carbons (Fsp3) is 0.105. The molecule has 0 unspecified atom stereocenters. The lowest BCUT2D eigenvalue weighted by Crippen LogP contribution is -2.11. The van der Waals surface area contributed by atoms with Crippen LogP contribution in [0, 0.1) is 0 Å². The minimum Gasteiger partial charge on any atom is -0.491 e. The fourth-order valence-corrected chi connectivity index (χ4v) is 2.27. The van der Waals surface area contributed by atoms with E-state index in [-0.39, 0.29) is 19.1 Å². The van der Waals surface area contributed by atoms with Crippen LogP contribution in [0.5, 0.6) is 5.75 Å². The molecule has 2 aromatic carbocycles. The van der Waals surface area contributed by atoms with Crippen molar-refractivity contribution in [3.05, 3.63) is 72.7 Å². The quantitative estimate of drug-likeness (QED) is 0.727. The first-order valence-corrected chi connectivity index (χ1v) is 7.54. The van der Waals surface area contributed by atoms with Crippen LogP contribution in [-0.2, 0) is 0 Å². The number of ether oxygens (including phenoxy) is 1. The van der Waals surface area contributed by atoms with E-state index in [1.54, 1.807) is 42.9 Å². The van der Waals surface area contributed by atoms with Gasteiger partial charge in [-0.1, -0.05) is 12.1 Å². The molecule has 0 aliphatic carbocycles. The normalized spacial score (nSPS) is 10.4. The maximum absolute atomic E-state index is 12.4. The number of nitrogens with one attached hydrogen (secondary N) is 1. The van der Waals surface area contributed by atoms with Gasteiger partial charge in [0.25, 0.3) is 5.91 Å². The van der Waals surface area contributed by atoms with Crippen LogP contribution in [0.25, 0.3) is 11.1 Å². The van der Waals surface area contributed by atoms with Crippen LogP contribution in [0.15, 0.2) is 71.5 Å². The van der Waals surface area contributed by atoms with E-state index in [4.69, 9.17) is 14.3 Å². The average molecular weight is 323 g/mol. The molecule has 3 rings (SSSR count). The van der Waals surface area contributed by atoms with Gasteiger partial charge in [0, 0.05) is 16.8 Å². The highest BCUT2D eigenvalue weighted by molar-refractivity contribution is 6.04. The summed E-state index contributed by atoms with van der Waals surface area (Å²) < 4.78 is 10.4. The number of anilines is 1. The molecule has 2 N–H and O–H groups in total. The standard InChI is InChI=1S/C19H17NO4/c21-9-11-24-18-6-4-17(5-7-18)20-19(22)15-3-1-2-14(12-15)16-8-10-23-13-16/h1-8,10,12-13,21H,9,11H2,(H,20,22). The molecule has 0 spiro atoms. The highest BCUT2D eigenvalue weighted by Crippen LogP contribution is 2.22. The summed E-state index contributed by atoms with van der Waals surface area (Å²) in [6, 6.07) is 16.2. The zero-order chi connectivity index (χ0) is 16.8. The Bertz CT molecular complexity index is 794. The van der Waals surface area contributed by atoms with Gasteiger partial charge in [0.15, 0.2) is 0 Å². The van der Waals surface area contributed by atoms with Crippen molar-refractivity contribution in [3.8, 4) is 16.9 Å². The number of benzene rings is 2. The first-order valence-electron chi connectivity index (χ1n) is 7.54. The second-order valence-electron chi connectivity index (χ2n) is 5.14. The minimum atomic E-state index is -0.190. The number of hydrogen-bond donors (Lipinski definition) is 2. The maximum atomic E-state index is 12.4. The summed E-state index contributed by atoms with van der Waals surface area (Å²) in [5, 5.41) is 11.6. The largest absolute Gasteiger partial charge is 0.491 e. The second kappa shape index (κ2) is 7.48. The molecule has 3 aromatic rings. The highest BCUT2D eigenvalue weighted by Gasteiger charge is 2.08. The van der Waals surface area contributed by atoms with E-state index in [0.29, 0.717) is 17.0 Å². The molecule has 0 aliphatic rings. The molecule has 0 saturated carbocycles. The van der Waals surface area contributed by atoms with Crippen LogP contribution in [0.1, 0.15) is 10.4 Å². The van der Waals surface area contributed by atoms with Crippen molar-refractivity contribution in [2.24, 2.45) is 0 Å². The molecule has 5 heteroatoms. The topological polar surface area (TPSA) is 71.7 Å². The van der Waals surface area contributed by atoms with Crippen LogP contribution in [0.4, 0.5) is 5.69 Å². The van der Waals surface area contributed by atoms with Gasteiger partial charge in [-0.2, -0.15) is 0 Å². The third-order valence-corrected chi connectivity index (χ3v) is 3.45. The molecule has 0 aliphatic heterocycles. The summed E-state index contributed by atoms with van der Waals surface area (Å²) >= 11 is 0. The Balaban J connectivity index is 1.70. The maximum Gasteiger partial charge on any atom is 0.255 e. The van der Waals surface area contributed by atoms with E-state index >= 15 is 0 Å². The van der Waals surface area contributed by atoms with Crippen molar-refractivity contribution in [2.45, 2.75) is 0 Å². The smallest absolute Gasteiger partial charge is 0.255 e. The van der Waals surface area contributed by atoms with Crippen LogP contribution in [0.2, 0.25) is 0 Å². The zero-order valence-electron chi connectivity index (χ0n) is 12.9. The van der Waals surface area contributed by atoms with Crippen molar-refractivity contribution in [1.82, 2.24) is 0 Å². The van der Waals surface area contributed by atoms with Gasteiger partial charge in [0.05, 0.1) is 19.1 Å². The number of carbonyl (C=O) groups is 1. The van der Waals surface area contributed by atoms with Crippen molar-refractivity contribution in [3.63, 3.8) is 0 Å². The van der Waals surface area contributed by atoms with E-state index < -0.39 is 0 Å². The molecule has 1 amide bonds. The van der Waals surface area contributed by atoms with E-state index in [2.05, 4.69) is 5.32 Å². The van der Waals surface area contributed by atoms with E-state index in [9.17, 15) is 4.79 Å². The van der Waals surface area contributed by atoms with Gasteiger partial charge in [0.2, 0.25) is 0 Å². The number of amides is 1. The number of aliphatic hydroxyl groups excluding tert-OH is 1. The Morgan fingerprint density at radius 3 is 2.62 bits per heavy atom. The predicted octanol–water partition coefficient (Wildman–Crippen LogP) is 3.57. The molecule has 1 heterocycles. The minimum absolute atomic E-state index is 0.0362. The Morgan fingerprint density at radius 1 is 1.08 bits per heavy atom. The average Bonchev–Trinajstić information content (AvgIpc) is 3.16. The highest BCUT2D eigenvalue weighted by atomic mass is 16.5. The third-order valence-electron chi connectivity index (χ3n) is 3.45. The zero-order valence-corrected chi connectivity index (χ0v) is 12.9. The molecule has 24 heavy (non-hydrogen) atoms. The van der Waals surface area contributed by atoms with Gasteiger partial charge in [-0.15, -0.1) is 0 Å². The third kappa shape index (κ3) is 3.83. The number of hydrogen-bond acceptors (Lipinski definition) is 4. The van der Waals surface area contributed by atoms with Gasteiger partial charge in [0.1, 0.15) is 12.4 Å². The van der Waals surface area contributed by atoms with Crippen molar-refractivity contribution >= 4 is 11.6 Å². The summed E-state index contributed by atoms with van der Waals surface area (Å²) in [5.41, 5.74) is 3.08. The van der Waals surface area contributed by atoms with Crippen LogP contribution < -0.4 is 10.1 Å². The van der Waals surface area contributed by atoms with Crippen molar-refractivity contribution in [2.75, 3.05) is 18.5 Å². The Hall–Kier alpha value is -3.05. The van der Waals surface area contributed by atoms with Gasteiger partial charge < -0.3 is 19.6 Å². The molecule has 0 saturated heterocycles. The summed E-state index contributed by atoms with van der Waals surface area (Å²) in [6.45, 7) is 0.206. The van der Waals surface area contributed by atoms with Crippen molar-refractivity contribution in [1.29, 1.82) is 0 Å². The first-order chi connectivity index (χ1) is 11.8. The summed E-state index contributed by atoms with van der Waals surface area (Å²) in [4.78, 5) is 12.4. The van der Waals surface area contributed by atoms with E-state index in [1.807, 2.05) is 24.3 Å². The molecule has 1 aromatic heterocycles. The Kier molecular flexibility index (Phi) is 4.93. The summed E-state index contributed by atoms with van der Waals surface area (Å²) in [6.07, 6.45) is 3.24. The Morgan fingerprint density at radius 2 is 1.92 bits per heavy atom. The molecule has 0 bridgehead atoms. The first kappa shape index (κ1) is 15.8. The molecule has 5 nitrogen and oxygen atoms in total. The number of aliphatic hydroxyl groups is 1. The van der Waals surface area contributed by atoms with Crippen molar-refractivity contribution < 1.29 is 19.1 Å². The van der Waals surface area contributed by atoms with Crippen LogP contribution >= 0.6 is 0 Å². The molecule has 0 atom stereocenters. The molecule has 0 radical (unpaired) electrons. The molecular weight excluding hydrogens is 306 g/mol. The monoisotopic (exact) mass is 323 g/mol.